The first-order valence-electron chi connectivity index (χ1n) is 13.1. The van der Waals surface area contributed by atoms with Crippen LogP contribution in [0.2, 0.25) is 0 Å². The molecule has 1 fully saturated rings. The third-order valence-corrected chi connectivity index (χ3v) is 7.59. The predicted octanol–water partition coefficient (Wildman–Crippen LogP) is 4.28. The van der Waals surface area contributed by atoms with Crippen LogP contribution in [0.15, 0.2) is 72.8 Å². The predicted molar refractivity (Wildman–Crippen MR) is 141 cm³/mol. The van der Waals surface area contributed by atoms with Gasteiger partial charge in [0.1, 0.15) is 12.7 Å². The Kier molecular flexibility index (Phi) is 6.51. The fourth-order valence-electron chi connectivity index (χ4n) is 5.47. The van der Waals surface area contributed by atoms with E-state index in [1.807, 2.05) is 41.3 Å². The molecule has 6 nitrogen and oxygen atoms in total. The van der Waals surface area contributed by atoms with Gasteiger partial charge in [-0.3, -0.25) is 4.79 Å². The van der Waals surface area contributed by atoms with Gasteiger partial charge in [0, 0.05) is 50.0 Å². The zero-order valence-corrected chi connectivity index (χ0v) is 20.6. The molecule has 0 unspecified atom stereocenters. The van der Waals surface area contributed by atoms with Crippen molar-refractivity contribution >= 4 is 11.6 Å². The van der Waals surface area contributed by atoms with E-state index in [2.05, 4.69) is 46.6 Å². The van der Waals surface area contributed by atoms with Gasteiger partial charge in [-0.2, -0.15) is 0 Å². The van der Waals surface area contributed by atoms with E-state index in [1.165, 1.54) is 16.8 Å². The number of nitrogens with one attached hydrogen (secondary N) is 1. The topological polar surface area (TPSA) is 54.0 Å². The number of nitrogens with zero attached hydrogens (tertiary/aromatic N) is 2. The minimum Gasteiger partial charge on any atom is -0.486 e. The van der Waals surface area contributed by atoms with Crippen molar-refractivity contribution in [3.05, 3.63) is 89.5 Å². The maximum absolute atomic E-state index is 13.1. The van der Waals surface area contributed by atoms with Crippen molar-refractivity contribution in [3.63, 3.8) is 0 Å². The van der Waals surface area contributed by atoms with E-state index >= 15 is 0 Å². The fraction of sp³-hybridized carbons (Fsp3) is 0.367. The lowest BCUT2D eigenvalue weighted by atomic mass is 9.99. The lowest BCUT2D eigenvalue weighted by molar-refractivity contribution is 0.0734. The Hall–Kier alpha value is -3.51. The van der Waals surface area contributed by atoms with Crippen LogP contribution in [0.25, 0.3) is 0 Å². The normalized spacial score (nSPS) is 19.6. The van der Waals surface area contributed by atoms with Gasteiger partial charge in [0.25, 0.3) is 5.91 Å². The number of para-hydroxylation sites is 2. The average Bonchev–Trinajstić information content (AvgIpc) is 2.96. The first kappa shape index (κ1) is 22.9. The van der Waals surface area contributed by atoms with Crippen LogP contribution < -0.4 is 19.7 Å². The van der Waals surface area contributed by atoms with Crippen molar-refractivity contribution in [2.75, 3.05) is 37.7 Å². The van der Waals surface area contributed by atoms with E-state index in [4.69, 9.17) is 9.47 Å². The van der Waals surface area contributed by atoms with Gasteiger partial charge < -0.3 is 24.6 Å². The molecule has 0 radical (unpaired) electrons. The second kappa shape index (κ2) is 10.2. The molecule has 3 aliphatic heterocycles. The maximum atomic E-state index is 13.1. The fourth-order valence-corrected chi connectivity index (χ4v) is 5.47. The maximum Gasteiger partial charge on any atom is 0.254 e. The van der Waals surface area contributed by atoms with Crippen LogP contribution in [-0.2, 0) is 13.0 Å². The summed E-state index contributed by atoms with van der Waals surface area (Å²) >= 11 is 0. The number of ether oxygens (including phenoxy) is 2. The van der Waals surface area contributed by atoms with Crippen molar-refractivity contribution in [1.29, 1.82) is 0 Å². The van der Waals surface area contributed by atoms with Crippen molar-refractivity contribution in [2.24, 2.45) is 0 Å². The van der Waals surface area contributed by atoms with Gasteiger partial charge in [-0.25, -0.2) is 0 Å². The van der Waals surface area contributed by atoms with E-state index < -0.39 is 0 Å². The molecule has 3 aromatic carbocycles. The van der Waals surface area contributed by atoms with Crippen molar-refractivity contribution < 1.29 is 14.3 Å². The summed E-state index contributed by atoms with van der Waals surface area (Å²) in [6.07, 6.45) is 3.13. The zero-order valence-electron chi connectivity index (χ0n) is 20.6. The van der Waals surface area contributed by atoms with Crippen molar-refractivity contribution in [1.82, 2.24) is 10.2 Å². The summed E-state index contributed by atoms with van der Waals surface area (Å²) in [5.74, 6) is 1.78. The Balaban J connectivity index is 0.980. The lowest BCUT2D eigenvalue weighted by Crippen LogP contribution is -2.47. The quantitative estimate of drug-likeness (QED) is 0.587. The molecule has 0 aliphatic carbocycles. The minimum absolute atomic E-state index is 0.0383. The molecular formula is C30H33N3O3. The van der Waals surface area contributed by atoms with Crippen LogP contribution in [0.1, 0.15) is 34.3 Å². The first-order chi connectivity index (χ1) is 17.7. The van der Waals surface area contributed by atoms with E-state index in [0.29, 0.717) is 19.2 Å². The summed E-state index contributed by atoms with van der Waals surface area (Å²) in [6, 6.07) is 24.9. The standard InChI is InChI=1S/C30H33N3O3/c34-30(33-16-13-22-5-1-2-6-24(22)20-33)23-9-11-26(12-10-23)32-17-14-25(15-18-32)31-19-27-21-35-28-7-3-4-8-29(28)36-27/h1-12,25,27,31H,13-21H2/t27-/m0/s1. The molecule has 1 atom stereocenters. The lowest BCUT2D eigenvalue weighted by Gasteiger charge is -2.35. The van der Waals surface area contributed by atoms with E-state index in [9.17, 15) is 4.79 Å². The molecule has 6 rings (SSSR count). The number of hydrogen-bond acceptors (Lipinski definition) is 5. The molecule has 0 bridgehead atoms. The minimum atomic E-state index is 0.0383. The molecule has 3 aromatic rings. The van der Waals surface area contributed by atoms with Gasteiger partial charge in [0.2, 0.25) is 0 Å². The Bertz CT molecular complexity index is 1200. The van der Waals surface area contributed by atoms with Crippen LogP contribution in [0.5, 0.6) is 11.5 Å². The molecule has 0 aromatic heterocycles. The number of piperidine rings is 1. The average molecular weight is 484 g/mol. The molecule has 3 heterocycles. The summed E-state index contributed by atoms with van der Waals surface area (Å²) in [6.45, 7) is 4.84. The molecule has 1 saturated heterocycles. The van der Waals surface area contributed by atoms with Gasteiger partial charge in [0.15, 0.2) is 11.5 Å². The zero-order chi connectivity index (χ0) is 24.3. The van der Waals surface area contributed by atoms with Crippen LogP contribution >= 0.6 is 0 Å². The number of rotatable bonds is 5. The Morgan fingerprint density at radius 2 is 1.58 bits per heavy atom. The molecule has 36 heavy (non-hydrogen) atoms. The number of fused-ring (bicyclic) bond motifs is 2. The van der Waals surface area contributed by atoms with Gasteiger partial charge in [-0.1, -0.05) is 36.4 Å². The smallest absolute Gasteiger partial charge is 0.254 e. The molecule has 1 N–H and O–H groups in total. The largest absolute Gasteiger partial charge is 0.486 e. The molecule has 1 amide bonds. The highest BCUT2D eigenvalue weighted by atomic mass is 16.6. The second-order valence-electron chi connectivity index (χ2n) is 9.96. The molecular weight excluding hydrogens is 450 g/mol. The van der Waals surface area contributed by atoms with E-state index in [-0.39, 0.29) is 12.0 Å². The SMILES string of the molecule is O=C(c1ccc(N2CCC(NC[C@H]3COc4ccccc4O3)CC2)cc1)N1CCc2ccccc2C1. The highest BCUT2D eigenvalue weighted by Gasteiger charge is 2.25. The number of amides is 1. The Morgan fingerprint density at radius 1 is 0.861 bits per heavy atom. The van der Waals surface area contributed by atoms with E-state index in [1.54, 1.807) is 0 Å². The number of benzene rings is 3. The third-order valence-electron chi connectivity index (χ3n) is 7.59. The Labute approximate surface area is 212 Å². The van der Waals surface area contributed by atoms with Crippen molar-refractivity contribution in [3.8, 4) is 11.5 Å². The molecule has 0 saturated carbocycles. The van der Waals surface area contributed by atoms with Gasteiger partial charge in [0.05, 0.1) is 0 Å². The summed E-state index contributed by atoms with van der Waals surface area (Å²) in [5.41, 5.74) is 4.58. The van der Waals surface area contributed by atoms with Crippen LogP contribution in [0.3, 0.4) is 0 Å². The number of anilines is 1. The monoisotopic (exact) mass is 483 g/mol. The highest BCUT2D eigenvalue weighted by molar-refractivity contribution is 5.94. The summed E-state index contributed by atoms with van der Waals surface area (Å²) in [7, 11) is 0. The van der Waals surface area contributed by atoms with Crippen LogP contribution in [0.4, 0.5) is 5.69 Å². The molecule has 186 valence electrons. The number of carbonyl (C=O) groups is 1. The summed E-state index contributed by atoms with van der Waals surface area (Å²) < 4.78 is 11.9. The second-order valence-corrected chi connectivity index (χ2v) is 9.96. The van der Waals surface area contributed by atoms with Crippen LogP contribution in [-0.4, -0.2) is 55.7 Å². The summed E-state index contributed by atoms with van der Waals surface area (Å²) in [4.78, 5) is 17.5. The van der Waals surface area contributed by atoms with Gasteiger partial charge >= 0.3 is 0 Å². The third kappa shape index (κ3) is 4.91. The van der Waals surface area contributed by atoms with Crippen molar-refractivity contribution in [2.45, 2.75) is 38.0 Å². The summed E-state index contributed by atoms with van der Waals surface area (Å²) in [5, 5.41) is 3.68. The Morgan fingerprint density at radius 3 is 2.39 bits per heavy atom. The molecule has 6 heteroatoms. The first-order valence-corrected chi connectivity index (χ1v) is 13.1. The number of hydrogen-bond donors (Lipinski definition) is 1. The highest BCUT2D eigenvalue weighted by Crippen LogP contribution is 2.31. The molecule has 3 aliphatic rings. The van der Waals surface area contributed by atoms with E-state index in [0.717, 1.165) is 62.5 Å². The van der Waals surface area contributed by atoms with Gasteiger partial charge in [-0.15, -0.1) is 0 Å². The molecule has 0 spiro atoms. The van der Waals surface area contributed by atoms with Crippen LogP contribution in [0, 0.1) is 0 Å². The number of carbonyl (C=O) groups excluding carboxylic acids is 1. The van der Waals surface area contributed by atoms with Gasteiger partial charge in [-0.05, 0) is 66.8 Å².